The summed E-state index contributed by atoms with van der Waals surface area (Å²) in [6.07, 6.45) is 23.9. The summed E-state index contributed by atoms with van der Waals surface area (Å²) in [4.78, 5) is 27.4. The fourth-order valence-electron chi connectivity index (χ4n) is 13.0. The van der Waals surface area contributed by atoms with Crippen molar-refractivity contribution in [1.29, 1.82) is 0 Å². The van der Waals surface area contributed by atoms with E-state index in [1.54, 1.807) is 21.6 Å². The van der Waals surface area contributed by atoms with Crippen LogP contribution in [0.4, 0.5) is 0 Å². The lowest BCUT2D eigenvalue weighted by atomic mass is 9.75. The maximum atomic E-state index is 11.4. The van der Waals surface area contributed by atoms with Gasteiger partial charge in [-0.05, 0) is 121 Å². The number of hydrogen-bond acceptors (Lipinski definition) is 39. The molecule has 10 fully saturated rings. The van der Waals surface area contributed by atoms with Crippen LogP contribution in [0.2, 0.25) is 0 Å². The summed E-state index contributed by atoms with van der Waals surface area (Å²) in [6, 6.07) is 0.378. The number of carbonyl (C=O) groups excluding carboxylic acids is 2. The molecule has 20 nitrogen and oxygen atoms in total. The van der Waals surface area contributed by atoms with Crippen molar-refractivity contribution in [2.24, 2.45) is 34.5 Å². The molecular weight excluding hydrogens is 1820 g/mol. The summed E-state index contributed by atoms with van der Waals surface area (Å²) in [5.41, 5.74) is -0.415. The summed E-state index contributed by atoms with van der Waals surface area (Å²) in [6.45, 7) is 2.01. The van der Waals surface area contributed by atoms with E-state index in [1.165, 1.54) is 129 Å². The van der Waals surface area contributed by atoms with Gasteiger partial charge in [0.05, 0.1) is 97.4 Å². The number of rotatable bonds is 47. The monoisotopic (exact) mass is 1960 g/mol. The highest BCUT2D eigenvalue weighted by atomic mass is 33.1. The number of ether oxygens (including phenoxy) is 1. The van der Waals surface area contributed by atoms with Gasteiger partial charge in [-0.25, -0.2) is 0 Å². The lowest BCUT2D eigenvalue weighted by Gasteiger charge is -2.38. The quantitative estimate of drug-likeness (QED) is 0.0153. The van der Waals surface area contributed by atoms with Gasteiger partial charge in [-0.1, -0.05) is 254 Å². The van der Waals surface area contributed by atoms with E-state index in [2.05, 4.69) is 36.7 Å². The molecule has 0 aliphatic carbocycles. The van der Waals surface area contributed by atoms with Crippen LogP contribution < -0.4 is 5.32 Å². The van der Waals surface area contributed by atoms with Crippen molar-refractivity contribution in [2.45, 2.75) is 199 Å². The van der Waals surface area contributed by atoms with E-state index < -0.39 is 12.1 Å². The van der Waals surface area contributed by atoms with E-state index in [4.69, 9.17) is 45.6 Å². The fraction of sp³-hybridized carbons (Fsp3) is 0.972. The predicted octanol–water partition coefficient (Wildman–Crippen LogP) is 12.7. The van der Waals surface area contributed by atoms with Crippen molar-refractivity contribution in [3.63, 3.8) is 0 Å². The highest BCUT2D eigenvalue weighted by Crippen LogP contribution is 2.48. The van der Waals surface area contributed by atoms with Gasteiger partial charge in [0.1, 0.15) is 6.10 Å². The van der Waals surface area contributed by atoms with Crippen LogP contribution in [0.15, 0.2) is 0 Å². The summed E-state index contributed by atoms with van der Waals surface area (Å²) >= 11 is 0. The molecule has 40 heteroatoms. The number of unbranched alkanes of at least 4 members (excludes halogenated alkanes) is 6. The van der Waals surface area contributed by atoms with Crippen LogP contribution in [0, 0.1) is 34.5 Å². The molecule has 10 aliphatic heterocycles. The Labute approximate surface area is 751 Å². The molecular formula is C72H137N3O17S20. The molecule has 662 valence electrons. The molecule has 0 radical (unpaired) electrons. The molecule has 10 heterocycles. The first kappa shape index (κ1) is 110. The Bertz CT molecular complexity index is 2080. The molecule has 10 aliphatic rings. The number of nitrogens with zero attached hydrogens (tertiary/aromatic N) is 2. The molecule has 0 spiro atoms. The molecule has 1 amide bonds. The van der Waals surface area contributed by atoms with Crippen LogP contribution >= 0.6 is 216 Å². The van der Waals surface area contributed by atoms with Crippen molar-refractivity contribution in [3.8, 4) is 0 Å². The van der Waals surface area contributed by atoms with Crippen LogP contribution in [0.25, 0.3) is 0 Å². The molecule has 112 heavy (non-hydrogen) atoms. The Morgan fingerprint density at radius 1 is 0.402 bits per heavy atom. The third-order valence-corrected chi connectivity index (χ3v) is 48.2. The van der Waals surface area contributed by atoms with E-state index in [1.807, 2.05) is 173 Å². The highest BCUT2D eigenvalue weighted by Gasteiger charge is 2.39. The number of nitrogens with one attached hydrogen (secondary N) is 1. The zero-order valence-corrected chi connectivity index (χ0v) is 81.6. The van der Waals surface area contributed by atoms with Gasteiger partial charge in [0.15, 0.2) is 0 Å². The lowest BCUT2D eigenvalue weighted by molar-refractivity contribution is -0.153. The summed E-state index contributed by atoms with van der Waals surface area (Å²) < 4.78 is 4.87. The molecule has 0 aromatic carbocycles. The van der Waals surface area contributed by atoms with Crippen molar-refractivity contribution < 1.29 is 85.8 Å². The number of hydrogen-bond donors (Lipinski definition) is 15. The number of aliphatic hydroxyl groups excluding tert-OH is 14. The third-order valence-electron chi connectivity index (χ3n) is 20.3. The van der Waals surface area contributed by atoms with E-state index in [9.17, 15) is 40.2 Å². The van der Waals surface area contributed by atoms with Gasteiger partial charge in [-0.15, -0.1) is 0 Å². The second kappa shape index (κ2) is 71.3. The summed E-state index contributed by atoms with van der Waals surface area (Å²) in [5.74, 6) is 19.8. The Morgan fingerprint density at radius 2 is 0.777 bits per heavy atom. The highest BCUT2D eigenvalue weighted by molar-refractivity contribution is 8.79. The molecule has 4 unspecified atom stereocenters. The van der Waals surface area contributed by atoms with E-state index in [0.29, 0.717) is 42.7 Å². The minimum absolute atomic E-state index is 0.0637. The van der Waals surface area contributed by atoms with Crippen molar-refractivity contribution in [2.75, 3.05) is 198 Å². The average molecular weight is 1960 g/mol. The number of aliphatic hydroxyl groups is 14. The second-order valence-corrected chi connectivity index (χ2v) is 55.8. The van der Waals surface area contributed by atoms with Crippen LogP contribution in [0.1, 0.15) is 141 Å². The molecule has 0 aromatic rings. The molecule has 0 aromatic heterocycles. The molecule has 10 rings (SSSR count). The molecule has 10 saturated heterocycles. The second-order valence-electron chi connectivity index (χ2n) is 29.5. The van der Waals surface area contributed by atoms with E-state index in [-0.39, 0.29) is 133 Å². The lowest BCUT2D eigenvalue weighted by Crippen LogP contribution is -2.54. The number of carbonyl (C=O) groups is 2. The topological polar surface area (TPSA) is 345 Å². The summed E-state index contributed by atoms with van der Waals surface area (Å²) in [5, 5.41) is 134. The van der Waals surface area contributed by atoms with Crippen LogP contribution in [0.3, 0.4) is 0 Å². The van der Waals surface area contributed by atoms with E-state index >= 15 is 0 Å². The van der Waals surface area contributed by atoms with Gasteiger partial charge >= 0.3 is 5.97 Å². The Hall–Kier alpha value is 5.30. The number of amides is 1. The maximum Gasteiger partial charge on any atom is 0.306 e. The first-order chi connectivity index (χ1) is 54.7. The zero-order chi connectivity index (χ0) is 81.1. The zero-order valence-electron chi connectivity index (χ0n) is 65.3. The molecule has 15 N–H and O–H groups in total. The van der Waals surface area contributed by atoms with Crippen molar-refractivity contribution in [3.05, 3.63) is 0 Å². The largest absolute Gasteiger partial charge is 0.457 e. The summed E-state index contributed by atoms with van der Waals surface area (Å²) in [7, 11) is 38.5. The van der Waals surface area contributed by atoms with E-state index in [0.717, 1.165) is 125 Å². The molecule has 4 atom stereocenters. The first-order valence-corrected chi connectivity index (χ1v) is 64.3. The van der Waals surface area contributed by atoms with Gasteiger partial charge in [0.25, 0.3) is 0 Å². The van der Waals surface area contributed by atoms with Crippen LogP contribution in [-0.4, -0.2) is 348 Å². The predicted molar refractivity (Wildman–Crippen MR) is 515 cm³/mol. The Morgan fingerprint density at radius 3 is 1.11 bits per heavy atom. The normalized spacial score (nSPS) is 22.3. The van der Waals surface area contributed by atoms with Crippen LogP contribution in [-0.2, 0) is 14.3 Å². The first-order valence-electron chi connectivity index (χ1n) is 39.8. The van der Waals surface area contributed by atoms with Gasteiger partial charge in [0, 0.05) is 168 Å². The average Bonchev–Trinajstić information content (AvgIpc) is 1.63. The smallest absolute Gasteiger partial charge is 0.306 e. The maximum absolute atomic E-state index is 11.4. The van der Waals surface area contributed by atoms with Gasteiger partial charge in [-0.2, -0.15) is 0 Å². The minimum atomic E-state index is -0.760. The third kappa shape index (κ3) is 47.9. The SMILES string of the molecule is O=C(CCCCC1CCSS1)NC(CO)CO.O=C(CCCCC1CCSS1)OC(CO)CO.OCC(CO)(CC1CSSC1)CC1CSSC1.OCC(CO)C1CSSC1.OCC(CO)N(C1CSSC1)C1CSSC1.OCC(CO)N(CCCCCC1CCSS1)CCCCCC1CCSS1.OCC1(CO)CSSC1. The number of esters is 1. The van der Waals surface area contributed by atoms with Crippen LogP contribution in [0.5, 0.6) is 0 Å². The molecule has 0 saturated carbocycles. The Balaban J connectivity index is 0.000000281. The van der Waals surface area contributed by atoms with Gasteiger partial charge < -0.3 is 81.5 Å². The van der Waals surface area contributed by atoms with Gasteiger partial charge in [-0.3, -0.25) is 19.4 Å². The van der Waals surface area contributed by atoms with Gasteiger partial charge in [0.2, 0.25) is 5.91 Å². The van der Waals surface area contributed by atoms with Crippen molar-refractivity contribution in [1.82, 2.24) is 15.1 Å². The Kier molecular flexibility index (Phi) is 69.7. The fourth-order valence-corrected chi connectivity index (χ4v) is 43.0. The minimum Gasteiger partial charge on any atom is -0.457 e. The standard InChI is InChI=1S/C19H37NO2S4.C11H21NO3S2.C11H20O4S2.C11H20O2S4.C9H17NO2S4.C6H12O2S2.C5H10O2S2/c21-15-17(16-22)20(11-5-1-3-7-18-9-13-23-25-18)12-6-2-4-8-19-10-14-24-26-19;13-7-9(8-14)12-11(15)4-2-1-3-10-5-6-16-17-10;12-7-9(8-13)15-11(14)4-2-1-3-10-5-6-16-17-10;12-7-11(8-13,1-9-3-14-15-4-9)2-10-5-16-17-6-10;11-1-7(2-12)10(8-3-13-14-4-8)9-5-15-16-6-9;7-1-5(2-8)6-3-9-10-4-6;6-1-5(2-7)3-8-9-4-5/h17-19,21-22H,1-16H2;9-10,13-14H,1-8H2,(H,12,15);2*9-10,12-13H,1-8H2;7-9,11-12H,1-6H2;5-8H,1-4H2;6-7H,1-4H2. The molecule has 0 bridgehead atoms. The van der Waals surface area contributed by atoms with Crippen molar-refractivity contribution >= 4 is 228 Å².